The summed E-state index contributed by atoms with van der Waals surface area (Å²) < 4.78 is 68.1. The van der Waals surface area contributed by atoms with Gasteiger partial charge < -0.3 is 33.8 Å². The Bertz CT molecular complexity index is 2480. The maximum Gasteiger partial charge on any atom is 0.472 e. The number of ether oxygens (including phenoxy) is 4. The van der Waals surface area contributed by atoms with Crippen LogP contribution in [0.5, 0.6) is 0 Å². The molecular formula is C79H128O17P2. The van der Waals surface area contributed by atoms with Gasteiger partial charge in [0.1, 0.15) is 19.3 Å². The molecule has 0 bridgehead atoms. The number of phosphoric ester groups is 2. The van der Waals surface area contributed by atoms with E-state index >= 15 is 0 Å². The lowest BCUT2D eigenvalue weighted by Crippen LogP contribution is -2.30. The van der Waals surface area contributed by atoms with Crippen molar-refractivity contribution in [2.75, 3.05) is 39.6 Å². The van der Waals surface area contributed by atoms with E-state index in [-0.39, 0.29) is 25.7 Å². The Morgan fingerprint density at radius 2 is 0.571 bits per heavy atom. The molecule has 0 spiro atoms. The number of allylic oxidation sites excluding steroid dienone is 25. The number of rotatable bonds is 67. The van der Waals surface area contributed by atoms with Crippen LogP contribution in [0.4, 0.5) is 0 Å². The summed E-state index contributed by atoms with van der Waals surface area (Å²) in [6, 6.07) is 0. The number of phosphoric acid groups is 2. The zero-order valence-corrected chi connectivity index (χ0v) is 62.2. The first-order valence-electron chi connectivity index (χ1n) is 36.7. The molecule has 3 N–H and O–H groups in total. The normalized spacial score (nSPS) is 14.9. The van der Waals surface area contributed by atoms with Crippen LogP contribution < -0.4 is 0 Å². The van der Waals surface area contributed by atoms with Gasteiger partial charge in [-0.2, -0.15) is 0 Å². The number of esters is 4. The summed E-state index contributed by atoms with van der Waals surface area (Å²) in [5.41, 5.74) is 0. The Morgan fingerprint density at radius 3 is 0.929 bits per heavy atom. The minimum atomic E-state index is -5.01. The van der Waals surface area contributed by atoms with Crippen LogP contribution in [0.25, 0.3) is 0 Å². The minimum absolute atomic E-state index is 0.0804. The quantitative estimate of drug-likeness (QED) is 0.0169. The highest BCUT2D eigenvalue weighted by molar-refractivity contribution is 7.47. The van der Waals surface area contributed by atoms with Gasteiger partial charge in [0.25, 0.3) is 0 Å². The summed E-state index contributed by atoms with van der Waals surface area (Å²) >= 11 is 0. The van der Waals surface area contributed by atoms with Gasteiger partial charge in [-0.25, -0.2) is 9.13 Å². The van der Waals surface area contributed by atoms with Gasteiger partial charge in [-0.05, 0) is 128 Å². The molecule has 0 aliphatic heterocycles. The molecule has 0 heterocycles. The van der Waals surface area contributed by atoms with Gasteiger partial charge in [-0.15, -0.1) is 0 Å². The lowest BCUT2D eigenvalue weighted by Gasteiger charge is -2.21. The monoisotopic (exact) mass is 1410 g/mol. The van der Waals surface area contributed by atoms with Gasteiger partial charge in [0.15, 0.2) is 12.2 Å². The van der Waals surface area contributed by atoms with E-state index in [4.69, 9.17) is 37.0 Å². The van der Waals surface area contributed by atoms with Crippen molar-refractivity contribution in [1.82, 2.24) is 0 Å². The fourth-order valence-corrected chi connectivity index (χ4v) is 10.6. The molecular weight excluding hydrogens is 1280 g/mol. The van der Waals surface area contributed by atoms with Crippen LogP contribution in [0.3, 0.4) is 0 Å². The predicted molar refractivity (Wildman–Crippen MR) is 399 cm³/mol. The Kier molecular flexibility index (Phi) is 66.3. The number of hydrogen-bond donors (Lipinski definition) is 3. The molecule has 98 heavy (non-hydrogen) atoms. The van der Waals surface area contributed by atoms with Crippen LogP contribution in [-0.4, -0.2) is 96.7 Å². The van der Waals surface area contributed by atoms with Crippen molar-refractivity contribution in [1.29, 1.82) is 0 Å². The number of aliphatic hydroxyl groups excluding tert-OH is 1. The van der Waals surface area contributed by atoms with Crippen molar-refractivity contribution in [2.45, 2.75) is 277 Å². The van der Waals surface area contributed by atoms with Crippen molar-refractivity contribution in [2.24, 2.45) is 0 Å². The molecule has 0 amide bonds. The highest BCUT2D eigenvalue weighted by Crippen LogP contribution is 2.45. The highest BCUT2D eigenvalue weighted by atomic mass is 31.2. The van der Waals surface area contributed by atoms with Gasteiger partial charge in [-0.1, -0.05) is 263 Å². The van der Waals surface area contributed by atoms with Crippen LogP contribution in [0.2, 0.25) is 0 Å². The van der Waals surface area contributed by atoms with Crippen molar-refractivity contribution >= 4 is 39.5 Å². The molecule has 0 aromatic carbocycles. The number of aliphatic hydroxyl groups is 1. The average molecular weight is 1410 g/mol. The first kappa shape index (κ1) is 92.7. The molecule has 17 nitrogen and oxygen atoms in total. The Balaban J connectivity index is 5.47. The maximum atomic E-state index is 13.1. The van der Waals surface area contributed by atoms with Crippen LogP contribution in [-0.2, 0) is 65.4 Å². The van der Waals surface area contributed by atoms with E-state index in [0.717, 1.165) is 141 Å². The van der Waals surface area contributed by atoms with E-state index in [2.05, 4.69) is 161 Å². The third kappa shape index (κ3) is 69.2. The number of hydrogen-bond acceptors (Lipinski definition) is 15. The van der Waals surface area contributed by atoms with Crippen LogP contribution in [0.1, 0.15) is 259 Å². The second-order valence-electron chi connectivity index (χ2n) is 23.8. The standard InChI is InChI=1S/C79H128O17P2/c1-5-9-13-17-21-25-29-32-35-36-39-41-45-48-52-56-60-64-77(82)90-70-75(96-79(84)66-62-58-54-50-46-42-38-34-31-27-23-19-15-11-7-3)72-94-98(87,88)92-68-73(80)67-91-97(85,86)93-71-74(95-78(83)65-61-57-53-49-43-28-24-20-16-12-8-4)69-89-76(81)63-59-55-51-47-44-40-37-33-30-26-22-18-14-10-6-2/h9-11,13-15,21-23,25-27,32-35,37-39,41,44,46-47,50,58,62,73-75,80H,5-8,12,16-20,24,28-31,36,40,42-43,45,48-49,51-57,59-61,63-72H2,1-4H3,(H,85,86)(H,87,88)/b13-9-,14-10-,15-11-,25-21-,26-22-,27-23-,35-32-,37-33-,38-34-,41-39-,47-44-,50-46-,62-58-. The SMILES string of the molecule is CC/C=C\C/C=C\C/C=C\C/C=C\C/C=C\CC(=O)OC(COC(=O)CCCCCC/C=C\C/C=C\C/C=C\C/C=C\CC)COP(=O)(O)OCC(O)COP(=O)(O)OCC(COC(=O)CCCC/C=C\C/C=C\C/C=C\C/C=C\CC)OC(=O)CCCCCCCCCCCCC. The van der Waals surface area contributed by atoms with Crippen molar-refractivity contribution in [3.8, 4) is 0 Å². The van der Waals surface area contributed by atoms with Gasteiger partial charge in [0, 0.05) is 19.3 Å². The lowest BCUT2D eigenvalue weighted by molar-refractivity contribution is -0.161. The topological polar surface area (TPSA) is 237 Å². The van der Waals surface area contributed by atoms with Crippen molar-refractivity contribution < 1.29 is 80.2 Å². The zero-order chi connectivity index (χ0) is 71.8. The smallest absolute Gasteiger partial charge is 0.462 e. The van der Waals surface area contributed by atoms with E-state index in [1.54, 1.807) is 12.2 Å². The van der Waals surface area contributed by atoms with E-state index in [1.165, 1.54) is 38.5 Å². The molecule has 0 fully saturated rings. The van der Waals surface area contributed by atoms with E-state index in [9.17, 15) is 43.2 Å². The minimum Gasteiger partial charge on any atom is -0.462 e. The van der Waals surface area contributed by atoms with Gasteiger partial charge in [0.2, 0.25) is 0 Å². The third-order valence-electron chi connectivity index (χ3n) is 14.5. The summed E-state index contributed by atoms with van der Waals surface area (Å²) in [6.07, 6.45) is 80.0. The molecule has 0 aromatic heterocycles. The summed E-state index contributed by atoms with van der Waals surface area (Å²) in [5, 5.41) is 10.6. The summed E-state index contributed by atoms with van der Waals surface area (Å²) in [5.74, 6) is -2.41. The second kappa shape index (κ2) is 70.1. The zero-order valence-electron chi connectivity index (χ0n) is 60.4. The fourth-order valence-electron chi connectivity index (χ4n) is 9.04. The Hall–Kier alpha value is -5.32. The van der Waals surface area contributed by atoms with Gasteiger partial charge in [-0.3, -0.25) is 37.3 Å². The van der Waals surface area contributed by atoms with Gasteiger partial charge in [0.05, 0.1) is 32.8 Å². The van der Waals surface area contributed by atoms with Crippen LogP contribution in [0, 0.1) is 0 Å². The van der Waals surface area contributed by atoms with Crippen molar-refractivity contribution in [3.05, 3.63) is 158 Å². The predicted octanol–water partition coefficient (Wildman–Crippen LogP) is 20.9. The lowest BCUT2D eigenvalue weighted by atomic mass is 10.1. The Morgan fingerprint density at radius 1 is 0.306 bits per heavy atom. The average Bonchev–Trinajstić information content (AvgIpc) is 0.980. The number of unbranched alkanes of at least 4 members (excludes halogenated alkanes) is 16. The van der Waals surface area contributed by atoms with E-state index < -0.39 is 97.5 Å². The molecule has 0 saturated heterocycles. The van der Waals surface area contributed by atoms with Crippen LogP contribution in [0.15, 0.2) is 158 Å². The molecule has 0 aliphatic carbocycles. The molecule has 0 aromatic rings. The molecule has 19 heteroatoms. The maximum absolute atomic E-state index is 13.1. The molecule has 5 atom stereocenters. The molecule has 0 aliphatic rings. The third-order valence-corrected chi connectivity index (χ3v) is 16.4. The van der Waals surface area contributed by atoms with Gasteiger partial charge >= 0.3 is 39.5 Å². The summed E-state index contributed by atoms with van der Waals surface area (Å²) in [6.45, 7) is 4.30. The largest absolute Gasteiger partial charge is 0.472 e. The molecule has 0 saturated carbocycles. The number of carbonyl (C=O) groups excluding carboxylic acids is 4. The molecule has 5 unspecified atom stereocenters. The second-order valence-corrected chi connectivity index (χ2v) is 26.7. The van der Waals surface area contributed by atoms with E-state index in [1.807, 2.05) is 12.2 Å². The summed E-state index contributed by atoms with van der Waals surface area (Å²) in [4.78, 5) is 72.6. The molecule has 0 radical (unpaired) electrons. The van der Waals surface area contributed by atoms with E-state index in [0.29, 0.717) is 25.7 Å². The molecule has 0 rings (SSSR count). The Labute approximate surface area is 591 Å². The first-order chi connectivity index (χ1) is 47.7. The van der Waals surface area contributed by atoms with Crippen LogP contribution >= 0.6 is 15.6 Å². The summed E-state index contributed by atoms with van der Waals surface area (Å²) in [7, 11) is -10.0. The number of carbonyl (C=O) groups is 4. The van der Waals surface area contributed by atoms with Crippen molar-refractivity contribution in [3.63, 3.8) is 0 Å². The molecule has 556 valence electrons. The highest BCUT2D eigenvalue weighted by Gasteiger charge is 2.30. The first-order valence-corrected chi connectivity index (χ1v) is 39.7. The fraction of sp³-hybridized carbons (Fsp3) is 0.620.